The SMILES string of the molecule is CCNC1COCC1C(=O)Nc1c(F)cc(Br)cc1F. The van der Waals surface area contributed by atoms with E-state index in [1.807, 2.05) is 6.92 Å². The molecule has 2 rings (SSSR count). The van der Waals surface area contributed by atoms with E-state index >= 15 is 0 Å². The van der Waals surface area contributed by atoms with Crippen LogP contribution in [0.3, 0.4) is 0 Å². The van der Waals surface area contributed by atoms with Gasteiger partial charge in [0.25, 0.3) is 0 Å². The lowest BCUT2D eigenvalue weighted by Crippen LogP contribution is -2.41. The largest absolute Gasteiger partial charge is 0.379 e. The minimum atomic E-state index is -0.816. The highest BCUT2D eigenvalue weighted by atomic mass is 79.9. The van der Waals surface area contributed by atoms with Crippen LogP contribution in [0.15, 0.2) is 16.6 Å². The van der Waals surface area contributed by atoms with Crippen molar-refractivity contribution in [3.05, 3.63) is 28.2 Å². The number of benzene rings is 1. The third-order valence-electron chi connectivity index (χ3n) is 3.14. The molecule has 1 aromatic carbocycles. The summed E-state index contributed by atoms with van der Waals surface area (Å²) in [5, 5.41) is 5.43. The zero-order valence-corrected chi connectivity index (χ0v) is 12.5. The molecule has 0 radical (unpaired) electrons. The van der Waals surface area contributed by atoms with Gasteiger partial charge in [0.15, 0.2) is 11.6 Å². The molecule has 7 heteroatoms. The van der Waals surface area contributed by atoms with E-state index < -0.39 is 29.1 Å². The van der Waals surface area contributed by atoms with Crippen LogP contribution in [0, 0.1) is 17.6 Å². The molecule has 0 spiro atoms. The van der Waals surface area contributed by atoms with Gasteiger partial charge in [-0.2, -0.15) is 0 Å². The molecule has 0 bridgehead atoms. The van der Waals surface area contributed by atoms with Crippen LogP contribution in [0.1, 0.15) is 6.92 Å². The monoisotopic (exact) mass is 348 g/mol. The molecule has 0 aromatic heterocycles. The average Bonchev–Trinajstić information content (AvgIpc) is 2.82. The molecular formula is C13H15BrF2N2O2. The van der Waals surface area contributed by atoms with E-state index in [1.54, 1.807) is 0 Å². The molecule has 1 saturated heterocycles. The highest BCUT2D eigenvalue weighted by molar-refractivity contribution is 9.10. The van der Waals surface area contributed by atoms with Gasteiger partial charge in [-0.05, 0) is 18.7 Å². The van der Waals surface area contributed by atoms with Gasteiger partial charge in [-0.3, -0.25) is 4.79 Å². The quantitative estimate of drug-likeness (QED) is 0.877. The van der Waals surface area contributed by atoms with Crippen LogP contribution in [0.5, 0.6) is 0 Å². The van der Waals surface area contributed by atoms with Crippen molar-refractivity contribution in [3.8, 4) is 0 Å². The Balaban J connectivity index is 2.12. The van der Waals surface area contributed by atoms with E-state index in [4.69, 9.17) is 4.74 Å². The summed E-state index contributed by atoms with van der Waals surface area (Å²) >= 11 is 2.99. The van der Waals surface area contributed by atoms with E-state index in [-0.39, 0.29) is 17.1 Å². The molecule has 1 amide bonds. The molecule has 0 saturated carbocycles. The number of rotatable bonds is 4. The number of halogens is 3. The number of carbonyl (C=O) groups excluding carboxylic acids is 1. The van der Waals surface area contributed by atoms with Crippen molar-refractivity contribution < 1.29 is 18.3 Å². The van der Waals surface area contributed by atoms with Gasteiger partial charge in [-0.15, -0.1) is 0 Å². The van der Waals surface area contributed by atoms with Gasteiger partial charge in [0.05, 0.1) is 19.1 Å². The Kier molecular flexibility index (Phi) is 5.06. The van der Waals surface area contributed by atoms with Crippen LogP contribution < -0.4 is 10.6 Å². The maximum absolute atomic E-state index is 13.7. The van der Waals surface area contributed by atoms with Crippen LogP contribution in [0.2, 0.25) is 0 Å². The van der Waals surface area contributed by atoms with Gasteiger partial charge in [0, 0.05) is 10.5 Å². The molecule has 1 fully saturated rings. The molecule has 4 nitrogen and oxygen atoms in total. The van der Waals surface area contributed by atoms with Crippen molar-refractivity contribution in [3.63, 3.8) is 0 Å². The maximum Gasteiger partial charge on any atom is 0.231 e. The fourth-order valence-corrected chi connectivity index (χ4v) is 2.56. The molecule has 2 atom stereocenters. The van der Waals surface area contributed by atoms with Crippen molar-refractivity contribution in [1.82, 2.24) is 5.32 Å². The third kappa shape index (κ3) is 3.34. The minimum absolute atomic E-state index is 0.137. The van der Waals surface area contributed by atoms with E-state index in [1.165, 1.54) is 0 Å². The number of amides is 1. The number of hydrogen-bond acceptors (Lipinski definition) is 3. The van der Waals surface area contributed by atoms with Crippen molar-refractivity contribution >= 4 is 27.5 Å². The molecule has 1 aliphatic heterocycles. The first-order valence-corrected chi connectivity index (χ1v) is 7.08. The fraction of sp³-hybridized carbons (Fsp3) is 0.462. The zero-order chi connectivity index (χ0) is 14.7. The number of hydrogen-bond donors (Lipinski definition) is 2. The number of nitrogens with one attached hydrogen (secondary N) is 2. The summed E-state index contributed by atoms with van der Waals surface area (Å²) in [5.41, 5.74) is -0.430. The first-order valence-electron chi connectivity index (χ1n) is 6.29. The topological polar surface area (TPSA) is 50.4 Å². The molecule has 2 unspecified atom stereocenters. The summed E-state index contributed by atoms with van der Waals surface area (Å²) in [6, 6.07) is 2.07. The lowest BCUT2D eigenvalue weighted by Gasteiger charge is -2.18. The molecule has 2 N–H and O–H groups in total. The summed E-state index contributed by atoms with van der Waals surface area (Å²) in [4.78, 5) is 12.1. The third-order valence-corrected chi connectivity index (χ3v) is 3.60. The van der Waals surface area contributed by atoms with Gasteiger partial charge in [0.2, 0.25) is 5.91 Å². The second kappa shape index (κ2) is 6.60. The van der Waals surface area contributed by atoms with Gasteiger partial charge < -0.3 is 15.4 Å². The normalized spacial score (nSPS) is 22.0. The summed E-state index contributed by atoms with van der Waals surface area (Å²) in [6.07, 6.45) is 0. The predicted molar refractivity (Wildman–Crippen MR) is 74.5 cm³/mol. The van der Waals surface area contributed by atoms with Crippen LogP contribution in [0.4, 0.5) is 14.5 Å². The molecule has 1 aliphatic rings. The number of anilines is 1. The average molecular weight is 349 g/mol. The van der Waals surface area contributed by atoms with Gasteiger partial charge in [-0.25, -0.2) is 8.78 Å². The summed E-state index contributed by atoms with van der Waals surface area (Å²) in [5.74, 6) is -2.54. The van der Waals surface area contributed by atoms with Gasteiger partial charge >= 0.3 is 0 Å². The van der Waals surface area contributed by atoms with E-state index in [9.17, 15) is 13.6 Å². The Morgan fingerprint density at radius 3 is 2.65 bits per heavy atom. The smallest absolute Gasteiger partial charge is 0.231 e. The Labute approximate surface area is 124 Å². The summed E-state index contributed by atoms with van der Waals surface area (Å²) in [6.45, 7) is 3.26. The van der Waals surface area contributed by atoms with Crippen LogP contribution in [-0.4, -0.2) is 31.7 Å². The molecule has 0 aliphatic carbocycles. The van der Waals surface area contributed by atoms with Crippen molar-refractivity contribution in [2.75, 3.05) is 25.1 Å². The first kappa shape index (κ1) is 15.3. The molecule has 20 heavy (non-hydrogen) atoms. The Hall–Kier alpha value is -1.05. The molecular weight excluding hydrogens is 334 g/mol. The summed E-state index contributed by atoms with van der Waals surface area (Å²) in [7, 11) is 0. The predicted octanol–water partition coefficient (Wildman–Crippen LogP) is 2.29. The Morgan fingerprint density at radius 1 is 1.40 bits per heavy atom. The Morgan fingerprint density at radius 2 is 2.05 bits per heavy atom. The fourth-order valence-electron chi connectivity index (χ4n) is 2.15. The number of ether oxygens (including phenoxy) is 1. The second-order valence-electron chi connectivity index (χ2n) is 4.54. The number of carbonyl (C=O) groups is 1. The highest BCUT2D eigenvalue weighted by Crippen LogP contribution is 2.25. The lowest BCUT2D eigenvalue weighted by molar-refractivity contribution is -0.120. The van der Waals surface area contributed by atoms with Crippen molar-refractivity contribution in [2.24, 2.45) is 5.92 Å². The zero-order valence-electron chi connectivity index (χ0n) is 10.9. The lowest BCUT2D eigenvalue weighted by atomic mass is 10.0. The second-order valence-corrected chi connectivity index (χ2v) is 5.46. The van der Waals surface area contributed by atoms with Crippen molar-refractivity contribution in [2.45, 2.75) is 13.0 Å². The summed E-state index contributed by atoms with van der Waals surface area (Å²) < 4.78 is 32.9. The van der Waals surface area contributed by atoms with E-state index in [0.717, 1.165) is 12.1 Å². The van der Waals surface area contributed by atoms with Gasteiger partial charge in [-0.1, -0.05) is 22.9 Å². The van der Waals surface area contributed by atoms with E-state index in [0.29, 0.717) is 13.2 Å². The number of likely N-dealkylation sites (N-methyl/N-ethyl adjacent to an activating group) is 1. The van der Waals surface area contributed by atoms with E-state index in [2.05, 4.69) is 26.6 Å². The molecule has 1 aromatic rings. The standard InChI is InChI=1S/C13H15BrF2N2O2/c1-2-17-11-6-20-5-8(11)13(19)18-12-9(15)3-7(14)4-10(12)16/h3-4,8,11,17H,2,5-6H2,1H3,(H,18,19). The molecule has 1 heterocycles. The van der Waals surface area contributed by atoms with Crippen LogP contribution >= 0.6 is 15.9 Å². The highest BCUT2D eigenvalue weighted by Gasteiger charge is 2.34. The van der Waals surface area contributed by atoms with Crippen molar-refractivity contribution in [1.29, 1.82) is 0 Å². The molecule has 110 valence electrons. The van der Waals surface area contributed by atoms with Gasteiger partial charge in [0.1, 0.15) is 5.69 Å². The first-order chi connectivity index (χ1) is 9.52. The Bertz CT molecular complexity index is 490. The van der Waals surface area contributed by atoms with Crippen LogP contribution in [-0.2, 0) is 9.53 Å². The van der Waals surface area contributed by atoms with Crippen LogP contribution in [0.25, 0.3) is 0 Å². The maximum atomic E-state index is 13.7. The minimum Gasteiger partial charge on any atom is -0.379 e.